The quantitative estimate of drug-likeness (QED) is 0.772. The van der Waals surface area contributed by atoms with Crippen LogP contribution in [0.2, 0.25) is 0 Å². The van der Waals surface area contributed by atoms with Crippen LogP contribution in [-0.2, 0) is 17.4 Å². The number of aliphatic hydroxyl groups is 1. The summed E-state index contributed by atoms with van der Waals surface area (Å²) in [6, 6.07) is 18.4. The number of fused-ring (bicyclic) bond motifs is 1. The van der Waals surface area contributed by atoms with Crippen molar-refractivity contribution in [3.63, 3.8) is 0 Å². The van der Waals surface area contributed by atoms with Gasteiger partial charge in [-0.25, -0.2) is 0 Å². The molecule has 1 aliphatic rings. The van der Waals surface area contributed by atoms with E-state index < -0.39 is 11.0 Å². The molecule has 0 unspecified atom stereocenters. The molecule has 0 amide bonds. The maximum Gasteiger partial charge on any atom is 0.160 e. The molecular formula is C22H24O. The normalized spacial score (nSPS) is 26.3. The van der Waals surface area contributed by atoms with Crippen molar-refractivity contribution >= 4 is 0 Å². The Morgan fingerprint density at radius 3 is 2.22 bits per heavy atom. The summed E-state index contributed by atoms with van der Waals surface area (Å²) in [5.41, 5.74) is 1.49. The van der Waals surface area contributed by atoms with Crippen LogP contribution in [0.15, 0.2) is 54.6 Å². The van der Waals surface area contributed by atoms with Gasteiger partial charge < -0.3 is 5.11 Å². The summed E-state index contributed by atoms with van der Waals surface area (Å²) in [4.78, 5) is 0. The van der Waals surface area contributed by atoms with E-state index in [4.69, 9.17) is 0 Å². The van der Waals surface area contributed by atoms with Crippen molar-refractivity contribution in [1.82, 2.24) is 0 Å². The summed E-state index contributed by atoms with van der Waals surface area (Å²) in [6.07, 6.45) is 0.794. The highest BCUT2D eigenvalue weighted by Crippen LogP contribution is 2.51. The van der Waals surface area contributed by atoms with E-state index in [1.807, 2.05) is 36.4 Å². The molecule has 0 heterocycles. The fraction of sp³-hybridized carbons (Fsp3) is 0.364. The summed E-state index contributed by atoms with van der Waals surface area (Å²) in [5, 5.41) is 11.7. The molecule has 118 valence electrons. The second-order valence-corrected chi connectivity index (χ2v) is 7.74. The summed E-state index contributed by atoms with van der Waals surface area (Å²) < 4.78 is 0. The molecule has 3 rings (SSSR count). The lowest BCUT2D eigenvalue weighted by molar-refractivity contribution is 0.0314. The third-order valence-corrected chi connectivity index (χ3v) is 4.78. The van der Waals surface area contributed by atoms with Crippen LogP contribution in [0.4, 0.5) is 0 Å². The monoisotopic (exact) mass is 304 g/mol. The van der Waals surface area contributed by atoms with Crippen LogP contribution in [0.1, 0.15) is 44.4 Å². The van der Waals surface area contributed by atoms with E-state index in [1.54, 1.807) is 0 Å². The Morgan fingerprint density at radius 2 is 1.57 bits per heavy atom. The van der Waals surface area contributed by atoms with Gasteiger partial charge in [0.1, 0.15) is 0 Å². The Kier molecular flexibility index (Phi) is 3.62. The number of hydrogen-bond donors (Lipinski definition) is 1. The first kappa shape index (κ1) is 15.8. The van der Waals surface area contributed by atoms with Crippen LogP contribution in [-0.4, -0.2) is 5.11 Å². The fourth-order valence-corrected chi connectivity index (χ4v) is 3.43. The molecule has 1 nitrogen and oxygen atoms in total. The lowest BCUT2D eigenvalue weighted by Gasteiger charge is -2.37. The van der Waals surface area contributed by atoms with Crippen LogP contribution in [0.5, 0.6) is 0 Å². The molecular weight excluding hydrogens is 280 g/mol. The number of hydrogen-bond acceptors (Lipinski definition) is 1. The Labute approximate surface area is 139 Å². The topological polar surface area (TPSA) is 20.2 Å². The maximum atomic E-state index is 11.7. The Hall–Kier alpha value is -2.04. The zero-order chi connectivity index (χ0) is 16.7. The second kappa shape index (κ2) is 5.25. The molecule has 2 aromatic carbocycles. The lowest BCUT2D eigenvalue weighted by Crippen LogP contribution is -2.43. The smallest absolute Gasteiger partial charge is 0.160 e. The highest BCUT2D eigenvalue weighted by Gasteiger charge is 2.54. The van der Waals surface area contributed by atoms with E-state index >= 15 is 0 Å². The zero-order valence-corrected chi connectivity index (χ0v) is 14.4. The molecule has 23 heavy (non-hydrogen) atoms. The summed E-state index contributed by atoms with van der Waals surface area (Å²) >= 11 is 0. The van der Waals surface area contributed by atoms with E-state index in [-0.39, 0.29) is 5.41 Å². The van der Waals surface area contributed by atoms with Gasteiger partial charge in [0.15, 0.2) is 5.60 Å². The summed E-state index contributed by atoms with van der Waals surface area (Å²) in [6.45, 7) is 8.35. The molecule has 0 saturated carbocycles. The molecule has 0 fully saturated rings. The van der Waals surface area contributed by atoms with Gasteiger partial charge in [0.25, 0.3) is 0 Å². The van der Waals surface area contributed by atoms with Gasteiger partial charge in [-0.2, -0.15) is 0 Å². The van der Waals surface area contributed by atoms with Gasteiger partial charge in [0.2, 0.25) is 0 Å². The van der Waals surface area contributed by atoms with E-state index in [0.717, 1.165) is 17.5 Å². The largest absolute Gasteiger partial charge is 0.372 e. The molecule has 0 aromatic heterocycles. The minimum Gasteiger partial charge on any atom is -0.372 e. The van der Waals surface area contributed by atoms with Gasteiger partial charge in [-0.3, -0.25) is 0 Å². The second-order valence-electron chi connectivity index (χ2n) is 7.74. The third kappa shape index (κ3) is 2.58. The van der Waals surface area contributed by atoms with Gasteiger partial charge in [0.05, 0.1) is 0 Å². The highest BCUT2D eigenvalue weighted by molar-refractivity contribution is 5.53. The summed E-state index contributed by atoms with van der Waals surface area (Å²) in [7, 11) is 0. The van der Waals surface area contributed by atoms with E-state index in [1.165, 1.54) is 5.56 Å². The highest BCUT2D eigenvalue weighted by atomic mass is 16.3. The molecule has 0 saturated heterocycles. The molecule has 0 radical (unpaired) electrons. The lowest BCUT2D eigenvalue weighted by atomic mass is 9.69. The van der Waals surface area contributed by atoms with Crippen molar-refractivity contribution in [3.05, 3.63) is 71.3 Å². The zero-order valence-electron chi connectivity index (χ0n) is 14.4. The van der Waals surface area contributed by atoms with Crippen molar-refractivity contribution in [3.8, 4) is 11.8 Å². The Bertz CT molecular complexity index is 773. The molecule has 0 aliphatic heterocycles. The van der Waals surface area contributed by atoms with Crippen molar-refractivity contribution in [1.29, 1.82) is 0 Å². The number of benzene rings is 2. The maximum absolute atomic E-state index is 11.7. The molecule has 2 aromatic rings. The first-order chi connectivity index (χ1) is 10.8. The molecule has 0 bridgehead atoms. The Balaban J connectivity index is 2.23. The fourth-order valence-electron chi connectivity index (χ4n) is 3.43. The molecule has 0 spiro atoms. The van der Waals surface area contributed by atoms with E-state index in [2.05, 4.69) is 57.7 Å². The van der Waals surface area contributed by atoms with Crippen LogP contribution >= 0.6 is 0 Å². The Morgan fingerprint density at radius 1 is 0.957 bits per heavy atom. The number of rotatable bonds is 1. The summed E-state index contributed by atoms with van der Waals surface area (Å²) in [5.74, 6) is 6.52. The first-order valence-electron chi connectivity index (χ1n) is 8.17. The third-order valence-electron chi connectivity index (χ3n) is 4.78. The predicted molar refractivity (Wildman–Crippen MR) is 95.1 cm³/mol. The van der Waals surface area contributed by atoms with Gasteiger partial charge in [-0.1, -0.05) is 73.4 Å². The van der Waals surface area contributed by atoms with Crippen molar-refractivity contribution in [2.45, 2.75) is 45.1 Å². The van der Waals surface area contributed by atoms with Crippen LogP contribution in [0.25, 0.3) is 0 Å². The van der Waals surface area contributed by atoms with Gasteiger partial charge >= 0.3 is 0 Å². The molecule has 1 aliphatic carbocycles. The average molecular weight is 304 g/mol. The average Bonchev–Trinajstić information content (AvgIpc) is 2.76. The molecule has 2 atom stereocenters. The van der Waals surface area contributed by atoms with Crippen molar-refractivity contribution in [2.24, 2.45) is 5.41 Å². The van der Waals surface area contributed by atoms with Crippen molar-refractivity contribution in [2.75, 3.05) is 0 Å². The SMILES string of the molecule is CC(C)(C)C#C[C@]1(O)c2ccccc2C[C@@]1(C)c1ccccc1. The van der Waals surface area contributed by atoms with Gasteiger partial charge in [-0.15, -0.1) is 0 Å². The van der Waals surface area contributed by atoms with Crippen molar-refractivity contribution < 1.29 is 5.11 Å². The van der Waals surface area contributed by atoms with E-state index in [0.29, 0.717) is 0 Å². The van der Waals surface area contributed by atoms with Gasteiger partial charge in [-0.05, 0) is 43.9 Å². The van der Waals surface area contributed by atoms with E-state index in [9.17, 15) is 5.11 Å². The van der Waals surface area contributed by atoms with Crippen LogP contribution in [0, 0.1) is 17.3 Å². The standard InChI is InChI=1S/C22H24O/c1-20(2,3)14-15-22(23)19-13-9-8-10-17(19)16-21(22,4)18-11-6-5-7-12-18/h5-13,23H,16H2,1-4H3/t21-,22-/m0/s1. The van der Waals surface area contributed by atoms with Crippen LogP contribution < -0.4 is 0 Å². The first-order valence-corrected chi connectivity index (χ1v) is 8.17. The predicted octanol–water partition coefficient (Wildman–Crippen LogP) is 4.44. The minimum atomic E-state index is -1.17. The molecule has 1 N–H and O–H groups in total. The van der Waals surface area contributed by atoms with Gasteiger partial charge in [0, 0.05) is 10.8 Å². The minimum absolute atomic E-state index is 0.148. The van der Waals surface area contributed by atoms with Crippen LogP contribution in [0.3, 0.4) is 0 Å². The molecule has 1 heteroatoms.